The first kappa shape index (κ1) is 16.8. The highest BCUT2D eigenvalue weighted by molar-refractivity contribution is 7.92. The summed E-state index contributed by atoms with van der Waals surface area (Å²) < 4.78 is 27.6. The van der Waals surface area contributed by atoms with Crippen LogP contribution in [0.1, 0.15) is 19.4 Å². The third kappa shape index (κ3) is 3.12. The zero-order valence-corrected chi connectivity index (χ0v) is 14.9. The van der Waals surface area contributed by atoms with E-state index in [9.17, 15) is 13.2 Å². The molecule has 0 radical (unpaired) electrons. The fourth-order valence-corrected chi connectivity index (χ4v) is 4.22. The lowest BCUT2D eigenvalue weighted by atomic mass is 10.1. The molecule has 1 atom stereocenters. The Kier molecular flexibility index (Phi) is 4.27. The molecular formula is C17H17ClN2O3S. The molecule has 0 saturated carbocycles. The quantitative estimate of drug-likeness (QED) is 0.907. The summed E-state index contributed by atoms with van der Waals surface area (Å²) in [5.41, 5.74) is 2.08. The van der Waals surface area contributed by atoms with Gasteiger partial charge in [-0.15, -0.1) is 0 Å². The van der Waals surface area contributed by atoms with E-state index in [4.69, 9.17) is 11.6 Å². The molecule has 3 rings (SSSR count). The van der Waals surface area contributed by atoms with Gasteiger partial charge in [0.05, 0.1) is 4.90 Å². The average Bonchev–Trinajstić information content (AvgIpc) is 2.84. The molecule has 0 bridgehead atoms. The minimum Gasteiger partial charge on any atom is -0.309 e. The number of carbonyl (C=O) groups excluding carboxylic acids is 1. The maximum atomic E-state index is 12.6. The van der Waals surface area contributed by atoms with Crippen molar-refractivity contribution in [2.75, 3.05) is 9.62 Å². The van der Waals surface area contributed by atoms with Crippen LogP contribution in [-0.2, 0) is 21.2 Å². The number of sulfonamides is 1. The fraction of sp³-hybridized carbons (Fsp3) is 0.235. The van der Waals surface area contributed by atoms with Crippen molar-refractivity contribution in [3.05, 3.63) is 53.1 Å². The van der Waals surface area contributed by atoms with E-state index in [0.29, 0.717) is 17.1 Å². The molecule has 1 aliphatic rings. The van der Waals surface area contributed by atoms with Crippen molar-refractivity contribution < 1.29 is 13.2 Å². The number of anilines is 2. The molecule has 0 unspecified atom stereocenters. The lowest BCUT2D eigenvalue weighted by molar-refractivity contribution is -0.116. The Bertz CT molecular complexity index is 895. The topological polar surface area (TPSA) is 66.5 Å². The van der Waals surface area contributed by atoms with Gasteiger partial charge in [0.15, 0.2) is 0 Å². The van der Waals surface area contributed by atoms with E-state index >= 15 is 0 Å². The summed E-state index contributed by atoms with van der Waals surface area (Å²) in [5.74, 6) is -0.0452. The van der Waals surface area contributed by atoms with E-state index in [1.54, 1.807) is 41.3 Å². The molecule has 1 aliphatic heterocycles. The molecule has 0 aliphatic carbocycles. The molecule has 7 heteroatoms. The Balaban J connectivity index is 1.92. The van der Waals surface area contributed by atoms with Gasteiger partial charge in [0.2, 0.25) is 5.91 Å². The van der Waals surface area contributed by atoms with Crippen molar-refractivity contribution in [2.45, 2.75) is 31.2 Å². The number of fused-ring (bicyclic) bond motifs is 1. The van der Waals surface area contributed by atoms with Gasteiger partial charge in [-0.25, -0.2) is 8.42 Å². The second-order valence-corrected chi connectivity index (χ2v) is 7.96. The summed E-state index contributed by atoms with van der Waals surface area (Å²) in [6, 6.07) is 11.3. The van der Waals surface area contributed by atoms with E-state index < -0.39 is 10.0 Å². The van der Waals surface area contributed by atoms with Gasteiger partial charge in [0.25, 0.3) is 10.0 Å². The van der Waals surface area contributed by atoms with E-state index in [1.807, 2.05) is 6.92 Å². The van der Waals surface area contributed by atoms with E-state index in [1.165, 1.54) is 13.0 Å². The number of hydrogen-bond donors (Lipinski definition) is 1. The minimum atomic E-state index is -3.70. The predicted molar refractivity (Wildman–Crippen MR) is 95.0 cm³/mol. The van der Waals surface area contributed by atoms with Gasteiger partial charge in [-0.1, -0.05) is 11.6 Å². The Labute approximate surface area is 146 Å². The van der Waals surface area contributed by atoms with Gasteiger partial charge in [-0.2, -0.15) is 0 Å². The summed E-state index contributed by atoms with van der Waals surface area (Å²) >= 11 is 5.81. The van der Waals surface area contributed by atoms with Crippen LogP contribution < -0.4 is 9.62 Å². The summed E-state index contributed by atoms with van der Waals surface area (Å²) in [4.78, 5) is 13.6. The highest BCUT2D eigenvalue weighted by Crippen LogP contribution is 2.34. The van der Waals surface area contributed by atoms with Crippen LogP contribution in [0.3, 0.4) is 0 Å². The zero-order valence-electron chi connectivity index (χ0n) is 13.3. The number of benzene rings is 2. The first-order valence-corrected chi connectivity index (χ1v) is 9.35. The van der Waals surface area contributed by atoms with Crippen molar-refractivity contribution in [3.63, 3.8) is 0 Å². The van der Waals surface area contributed by atoms with Crippen LogP contribution in [0.25, 0.3) is 0 Å². The molecule has 1 amide bonds. The van der Waals surface area contributed by atoms with Crippen LogP contribution >= 0.6 is 11.6 Å². The van der Waals surface area contributed by atoms with Gasteiger partial charge in [-0.3, -0.25) is 9.52 Å². The summed E-state index contributed by atoms with van der Waals surface area (Å²) in [6.45, 7) is 3.46. The summed E-state index contributed by atoms with van der Waals surface area (Å²) in [6.07, 6.45) is 0.638. The molecule has 0 aromatic heterocycles. The van der Waals surface area contributed by atoms with E-state index in [-0.39, 0.29) is 16.8 Å². The number of carbonyl (C=O) groups is 1. The molecule has 1 heterocycles. The minimum absolute atomic E-state index is 0.0275. The highest BCUT2D eigenvalue weighted by Gasteiger charge is 2.30. The normalized spacial score (nSPS) is 16.8. The van der Waals surface area contributed by atoms with Gasteiger partial charge in [-0.05, 0) is 61.4 Å². The lowest BCUT2D eigenvalue weighted by Crippen LogP contribution is -2.33. The molecule has 0 fully saturated rings. The number of amides is 1. The Hall–Kier alpha value is -2.05. The summed E-state index contributed by atoms with van der Waals surface area (Å²) in [7, 11) is -3.70. The SMILES string of the molecule is CC(=O)N1c2ccc(S(=O)(=O)Nc3ccc(Cl)cc3)cc2C[C@@H]1C. The lowest BCUT2D eigenvalue weighted by Gasteiger charge is -2.20. The maximum Gasteiger partial charge on any atom is 0.261 e. The zero-order chi connectivity index (χ0) is 17.5. The van der Waals surface area contributed by atoms with Crippen LogP contribution in [0.5, 0.6) is 0 Å². The van der Waals surface area contributed by atoms with Crippen LogP contribution in [0.2, 0.25) is 5.02 Å². The third-order valence-electron chi connectivity index (χ3n) is 4.01. The van der Waals surface area contributed by atoms with Crippen molar-refractivity contribution in [2.24, 2.45) is 0 Å². The van der Waals surface area contributed by atoms with Crippen LogP contribution in [-0.4, -0.2) is 20.4 Å². The largest absolute Gasteiger partial charge is 0.309 e. The molecule has 126 valence electrons. The number of hydrogen-bond acceptors (Lipinski definition) is 3. The van der Waals surface area contributed by atoms with Gasteiger partial charge >= 0.3 is 0 Å². The molecule has 5 nitrogen and oxygen atoms in total. The Morgan fingerprint density at radius 3 is 2.50 bits per heavy atom. The molecule has 2 aromatic rings. The molecule has 24 heavy (non-hydrogen) atoms. The third-order valence-corrected chi connectivity index (χ3v) is 5.64. The van der Waals surface area contributed by atoms with Gasteiger partial charge in [0.1, 0.15) is 0 Å². The molecule has 0 spiro atoms. The number of halogens is 1. The van der Waals surface area contributed by atoms with Crippen molar-refractivity contribution >= 4 is 38.9 Å². The highest BCUT2D eigenvalue weighted by atomic mass is 35.5. The second-order valence-electron chi connectivity index (χ2n) is 5.85. The molecule has 0 saturated heterocycles. The van der Waals surface area contributed by atoms with Gasteiger partial charge in [0, 0.05) is 29.4 Å². The van der Waals surface area contributed by atoms with Gasteiger partial charge < -0.3 is 4.90 Å². The summed E-state index contributed by atoms with van der Waals surface area (Å²) in [5, 5.41) is 0.536. The van der Waals surface area contributed by atoms with Crippen LogP contribution in [0.4, 0.5) is 11.4 Å². The first-order chi connectivity index (χ1) is 11.3. The predicted octanol–water partition coefficient (Wildman–Crippen LogP) is 3.44. The first-order valence-electron chi connectivity index (χ1n) is 7.49. The average molecular weight is 365 g/mol. The van der Waals surface area contributed by atoms with Crippen LogP contribution in [0.15, 0.2) is 47.4 Å². The number of nitrogens with one attached hydrogen (secondary N) is 1. The number of nitrogens with zero attached hydrogens (tertiary/aromatic N) is 1. The Morgan fingerprint density at radius 1 is 1.21 bits per heavy atom. The monoisotopic (exact) mass is 364 g/mol. The van der Waals surface area contributed by atoms with Crippen LogP contribution in [0, 0.1) is 0 Å². The number of rotatable bonds is 3. The standard InChI is InChI=1S/C17H17ClN2O3S/c1-11-9-13-10-16(7-8-17(13)20(11)12(2)21)24(22,23)19-15-5-3-14(18)4-6-15/h3-8,10-11,19H,9H2,1-2H3/t11-/m0/s1. The smallest absolute Gasteiger partial charge is 0.261 e. The molecular weight excluding hydrogens is 348 g/mol. The van der Waals surface area contributed by atoms with Crippen molar-refractivity contribution in [3.8, 4) is 0 Å². The second kappa shape index (κ2) is 6.11. The fourth-order valence-electron chi connectivity index (χ4n) is 2.99. The van der Waals surface area contributed by atoms with E-state index in [0.717, 1.165) is 11.3 Å². The maximum absolute atomic E-state index is 12.6. The van der Waals surface area contributed by atoms with Crippen molar-refractivity contribution in [1.82, 2.24) is 0 Å². The van der Waals surface area contributed by atoms with Crippen molar-refractivity contribution in [1.29, 1.82) is 0 Å². The molecule has 2 aromatic carbocycles. The molecule has 1 N–H and O–H groups in total. The van der Waals surface area contributed by atoms with E-state index in [2.05, 4.69) is 4.72 Å². The Morgan fingerprint density at radius 2 is 1.88 bits per heavy atom.